The highest BCUT2D eigenvalue weighted by atomic mass is 16.8. The second kappa shape index (κ2) is 5.46. The van der Waals surface area contributed by atoms with E-state index in [0.717, 1.165) is 32.1 Å². The number of rotatable bonds is 1. The minimum absolute atomic E-state index is 0.0276. The lowest BCUT2D eigenvalue weighted by Gasteiger charge is -2.58. The number of allylic oxidation sites excluding steroid dienone is 4. The van der Waals surface area contributed by atoms with Gasteiger partial charge >= 0.3 is 0 Å². The number of Topliss-reactive ketones (excluding diaryl/α,β-unsaturated/α-hetero) is 1. The summed E-state index contributed by atoms with van der Waals surface area (Å²) >= 11 is 0. The summed E-state index contributed by atoms with van der Waals surface area (Å²) in [4.78, 5) is 25.0. The van der Waals surface area contributed by atoms with E-state index in [2.05, 4.69) is 19.9 Å². The van der Waals surface area contributed by atoms with Gasteiger partial charge < -0.3 is 9.47 Å². The SMILES string of the molecule is CC(=O)[C@]12OC(C)(C)O[C@H]1C[C@H]1[C@@H]3CCC4=CC(=O)C=C[C@]4(C)[C@H]3CC[C@@]12C. The summed E-state index contributed by atoms with van der Waals surface area (Å²) in [5.74, 6) is 1.02. The van der Waals surface area contributed by atoms with Gasteiger partial charge in [0.2, 0.25) is 0 Å². The Hall–Kier alpha value is -1.26. The smallest absolute Gasteiger partial charge is 0.178 e. The molecule has 0 amide bonds. The first-order chi connectivity index (χ1) is 13.0. The zero-order chi connectivity index (χ0) is 20.1. The summed E-state index contributed by atoms with van der Waals surface area (Å²) in [5, 5.41) is 0. The van der Waals surface area contributed by atoms with Crippen molar-refractivity contribution in [3.05, 3.63) is 23.8 Å². The van der Waals surface area contributed by atoms with Gasteiger partial charge in [-0.1, -0.05) is 25.5 Å². The largest absolute Gasteiger partial charge is 0.344 e. The Labute approximate surface area is 167 Å². The molecule has 5 rings (SSSR count). The lowest BCUT2D eigenvalue weighted by atomic mass is 9.47. The fraction of sp³-hybridized carbons (Fsp3) is 0.750. The van der Waals surface area contributed by atoms with Crippen molar-refractivity contribution in [2.45, 2.75) is 84.2 Å². The molecule has 1 saturated heterocycles. The third-order valence-electron chi connectivity index (χ3n) is 9.07. The maximum Gasteiger partial charge on any atom is 0.178 e. The molecule has 7 atom stereocenters. The molecule has 152 valence electrons. The zero-order valence-electron chi connectivity index (χ0n) is 17.7. The van der Waals surface area contributed by atoms with Gasteiger partial charge in [0.25, 0.3) is 0 Å². The molecule has 0 radical (unpaired) electrons. The van der Waals surface area contributed by atoms with Crippen LogP contribution in [0.3, 0.4) is 0 Å². The van der Waals surface area contributed by atoms with Crippen LogP contribution in [0.1, 0.15) is 66.7 Å². The lowest BCUT2D eigenvalue weighted by molar-refractivity contribution is -0.213. The number of ether oxygens (including phenoxy) is 2. The molecule has 3 saturated carbocycles. The summed E-state index contributed by atoms with van der Waals surface area (Å²) in [6, 6.07) is 0. The van der Waals surface area contributed by atoms with Crippen LogP contribution in [0.4, 0.5) is 0 Å². The number of hydrogen-bond acceptors (Lipinski definition) is 4. The fourth-order valence-electron chi connectivity index (χ4n) is 7.95. The molecule has 1 aliphatic heterocycles. The van der Waals surface area contributed by atoms with E-state index in [1.807, 2.05) is 19.9 Å². The number of hydrogen-bond donors (Lipinski definition) is 0. The van der Waals surface area contributed by atoms with Gasteiger partial charge in [-0.25, -0.2) is 0 Å². The van der Waals surface area contributed by atoms with E-state index in [1.165, 1.54) is 5.57 Å². The molecular weight excluding hydrogens is 352 g/mol. The van der Waals surface area contributed by atoms with Crippen LogP contribution < -0.4 is 0 Å². The predicted octanol–water partition coefficient (Wildman–Crippen LogP) is 4.38. The highest BCUT2D eigenvalue weighted by Crippen LogP contribution is 2.70. The maximum atomic E-state index is 13.0. The average Bonchev–Trinajstić information content (AvgIpc) is 3.02. The van der Waals surface area contributed by atoms with Crippen molar-refractivity contribution in [2.24, 2.45) is 28.6 Å². The maximum absolute atomic E-state index is 13.0. The topological polar surface area (TPSA) is 52.6 Å². The molecule has 0 bridgehead atoms. The summed E-state index contributed by atoms with van der Waals surface area (Å²) < 4.78 is 12.8. The molecule has 0 aromatic heterocycles. The molecule has 0 N–H and O–H groups in total. The van der Waals surface area contributed by atoms with Gasteiger partial charge in [0.1, 0.15) is 0 Å². The van der Waals surface area contributed by atoms with Gasteiger partial charge in [0, 0.05) is 10.8 Å². The first-order valence-electron chi connectivity index (χ1n) is 10.9. The number of fused-ring (bicyclic) bond motifs is 7. The van der Waals surface area contributed by atoms with E-state index in [4.69, 9.17) is 9.47 Å². The van der Waals surface area contributed by atoms with E-state index in [0.29, 0.717) is 17.8 Å². The van der Waals surface area contributed by atoms with Crippen LogP contribution in [0, 0.1) is 28.6 Å². The molecule has 4 nitrogen and oxygen atoms in total. The standard InChI is InChI=1S/C24H32O4/c1-14(25)24-20(27-21(2,3)28-24)13-19-17-7-6-15-12-16(26)8-10-22(15,4)18(17)9-11-23(19,24)5/h8,10,12,17-20H,6-7,9,11,13H2,1-5H3/t17-,18+,19+,20+,22+,23+,24+/m1/s1. The highest BCUT2D eigenvalue weighted by molar-refractivity contribution is 6.01. The van der Waals surface area contributed by atoms with Gasteiger partial charge in [-0.2, -0.15) is 0 Å². The molecule has 0 aromatic rings. The van der Waals surface area contributed by atoms with Crippen molar-refractivity contribution in [2.75, 3.05) is 0 Å². The predicted molar refractivity (Wildman–Crippen MR) is 105 cm³/mol. The van der Waals surface area contributed by atoms with Crippen molar-refractivity contribution in [1.82, 2.24) is 0 Å². The van der Waals surface area contributed by atoms with Gasteiger partial charge in [0.15, 0.2) is 23.0 Å². The van der Waals surface area contributed by atoms with Crippen molar-refractivity contribution in [3.8, 4) is 0 Å². The third kappa shape index (κ3) is 2.09. The summed E-state index contributed by atoms with van der Waals surface area (Å²) in [6.45, 7) is 10.2. The first-order valence-corrected chi connectivity index (χ1v) is 10.9. The number of carbonyl (C=O) groups excluding carboxylic acids is 2. The molecule has 0 aromatic carbocycles. The molecule has 0 unspecified atom stereocenters. The normalized spacial score (nSPS) is 51.0. The second-order valence-electron chi connectivity index (χ2n) is 10.7. The molecule has 1 heterocycles. The van der Waals surface area contributed by atoms with E-state index < -0.39 is 11.4 Å². The van der Waals surface area contributed by atoms with E-state index in [1.54, 1.807) is 13.0 Å². The average molecular weight is 385 g/mol. The summed E-state index contributed by atoms with van der Waals surface area (Å²) in [6.07, 6.45) is 10.7. The Balaban J connectivity index is 1.55. The van der Waals surface area contributed by atoms with Crippen molar-refractivity contribution < 1.29 is 19.1 Å². The Morgan fingerprint density at radius 1 is 1.14 bits per heavy atom. The number of carbonyl (C=O) groups is 2. The quantitative estimate of drug-likeness (QED) is 0.673. The Kier molecular flexibility index (Phi) is 3.65. The minimum Gasteiger partial charge on any atom is -0.344 e. The molecule has 4 aliphatic carbocycles. The monoisotopic (exact) mass is 384 g/mol. The van der Waals surface area contributed by atoms with Crippen molar-refractivity contribution in [3.63, 3.8) is 0 Å². The van der Waals surface area contributed by atoms with Gasteiger partial charge in [-0.3, -0.25) is 9.59 Å². The Bertz CT molecular complexity index is 822. The van der Waals surface area contributed by atoms with Crippen LogP contribution in [0.2, 0.25) is 0 Å². The Morgan fingerprint density at radius 3 is 2.61 bits per heavy atom. The molecule has 28 heavy (non-hydrogen) atoms. The van der Waals surface area contributed by atoms with E-state index in [9.17, 15) is 9.59 Å². The third-order valence-corrected chi connectivity index (χ3v) is 9.07. The van der Waals surface area contributed by atoms with Crippen LogP contribution in [0.25, 0.3) is 0 Å². The lowest BCUT2D eigenvalue weighted by Crippen LogP contribution is -2.59. The number of ketones is 2. The van der Waals surface area contributed by atoms with Crippen molar-refractivity contribution in [1.29, 1.82) is 0 Å². The van der Waals surface area contributed by atoms with Gasteiger partial charge in [-0.05, 0) is 82.8 Å². The van der Waals surface area contributed by atoms with E-state index in [-0.39, 0.29) is 28.5 Å². The molecular formula is C24H32O4. The minimum atomic E-state index is -0.818. The van der Waals surface area contributed by atoms with Crippen LogP contribution in [0.5, 0.6) is 0 Å². The fourth-order valence-corrected chi connectivity index (χ4v) is 7.95. The Morgan fingerprint density at radius 2 is 1.89 bits per heavy atom. The second-order valence-corrected chi connectivity index (χ2v) is 10.7. The van der Waals surface area contributed by atoms with Crippen LogP contribution >= 0.6 is 0 Å². The van der Waals surface area contributed by atoms with Gasteiger partial charge in [0.05, 0.1) is 6.10 Å². The molecule has 0 spiro atoms. The first kappa shape index (κ1) is 18.7. The van der Waals surface area contributed by atoms with Crippen LogP contribution in [0.15, 0.2) is 23.8 Å². The van der Waals surface area contributed by atoms with Crippen LogP contribution in [-0.4, -0.2) is 29.1 Å². The highest BCUT2D eigenvalue weighted by Gasteiger charge is 2.74. The summed E-state index contributed by atoms with van der Waals surface area (Å²) in [5.41, 5.74) is 0.268. The molecule has 4 heteroatoms. The van der Waals surface area contributed by atoms with Crippen LogP contribution in [-0.2, 0) is 19.1 Å². The summed E-state index contributed by atoms with van der Waals surface area (Å²) in [7, 11) is 0. The molecule has 4 fully saturated rings. The zero-order valence-corrected chi connectivity index (χ0v) is 17.7. The molecule has 5 aliphatic rings. The van der Waals surface area contributed by atoms with Gasteiger partial charge in [-0.15, -0.1) is 0 Å². The van der Waals surface area contributed by atoms with E-state index >= 15 is 0 Å². The van der Waals surface area contributed by atoms with Crippen molar-refractivity contribution >= 4 is 11.6 Å².